The second-order valence-corrected chi connectivity index (χ2v) is 6.11. The van der Waals surface area contributed by atoms with Gasteiger partial charge in [0.2, 0.25) is 0 Å². The van der Waals surface area contributed by atoms with E-state index in [1.165, 1.54) is 6.92 Å². The molecule has 0 aromatic heterocycles. The number of rotatable bonds is 6. The van der Waals surface area contributed by atoms with Gasteiger partial charge in [0, 0.05) is 6.42 Å². The summed E-state index contributed by atoms with van der Waals surface area (Å²) < 4.78 is 5.13. The molecule has 1 amide bonds. The fraction of sp³-hybridized carbons (Fsp3) is 0.444. The van der Waals surface area contributed by atoms with E-state index in [2.05, 4.69) is 11.4 Å². The van der Waals surface area contributed by atoms with Gasteiger partial charge in [-0.25, -0.2) is 9.59 Å². The lowest BCUT2D eigenvalue weighted by molar-refractivity contribution is -0.143. The van der Waals surface area contributed by atoms with Gasteiger partial charge < -0.3 is 15.2 Å². The molecule has 1 aliphatic rings. The van der Waals surface area contributed by atoms with E-state index in [1.807, 2.05) is 30.3 Å². The van der Waals surface area contributed by atoms with Gasteiger partial charge in [0.25, 0.3) is 0 Å². The Labute approximate surface area is 136 Å². The SMILES string of the molecule is CC(CC1=CCCCC1)(NC(=O)OCc1ccccc1)C(=O)O. The van der Waals surface area contributed by atoms with Gasteiger partial charge in [0.05, 0.1) is 0 Å². The molecule has 1 aromatic carbocycles. The molecule has 5 heteroatoms. The van der Waals surface area contributed by atoms with Crippen molar-refractivity contribution in [2.45, 2.75) is 51.2 Å². The average Bonchev–Trinajstić information content (AvgIpc) is 2.54. The van der Waals surface area contributed by atoms with Crippen LogP contribution in [0, 0.1) is 0 Å². The molecule has 0 spiro atoms. The molecule has 2 N–H and O–H groups in total. The van der Waals surface area contributed by atoms with E-state index in [9.17, 15) is 14.7 Å². The van der Waals surface area contributed by atoms with Crippen molar-refractivity contribution in [1.29, 1.82) is 0 Å². The molecule has 1 atom stereocenters. The fourth-order valence-corrected chi connectivity index (χ4v) is 2.68. The Hall–Kier alpha value is -2.30. The number of alkyl carbamates (subject to hydrolysis) is 1. The predicted octanol–water partition coefficient (Wildman–Crippen LogP) is 3.65. The van der Waals surface area contributed by atoms with Crippen LogP contribution in [0.1, 0.15) is 44.6 Å². The topological polar surface area (TPSA) is 75.6 Å². The molecule has 0 radical (unpaired) electrons. The van der Waals surface area contributed by atoms with Crippen molar-refractivity contribution in [3.8, 4) is 0 Å². The quantitative estimate of drug-likeness (QED) is 0.785. The minimum absolute atomic E-state index is 0.116. The first-order chi connectivity index (χ1) is 11.0. The molecule has 0 aliphatic heterocycles. The van der Waals surface area contributed by atoms with E-state index < -0.39 is 17.6 Å². The second-order valence-electron chi connectivity index (χ2n) is 6.11. The van der Waals surface area contributed by atoms with Crippen LogP contribution >= 0.6 is 0 Å². The predicted molar refractivity (Wildman–Crippen MR) is 87.0 cm³/mol. The van der Waals surface area contributed by atoms with Crippen LogP contribution in [0.5, 0.6) is 0 Å². The maximum absolute atomic E-state index is 12.0. The molecule has 2 rings (SSSR count). The molecule has 1 aliphatic carbocycles. The highest BCUT2D eigenvalue weighted by molar-refractivity contribution is 5.84. The summed E-state index contributed by atoms with van der Waals surface area (Å²) in [6.07, 6.45) is 5.76. The molecular formula is C18H23NO4. The Balaban J connectivity index is 1.93. The summed E-state index contributed by atoms with van der Waals surface area (Å²) in [5.74, 6) is -1.05. The number of amides is 1. The third-order valence-electron chi connectivity index (χ3n) is 4.03. The van der Waals surface area contributed by atoms with E-state index in [1.54, 1.807) is 0 Å². The fourth-order valence-electron chi connectivity index (χ4n) is 2.68. The number of hydrogen-bond acceptors (Lipinski definition) is 3. The van der Waals surface area contributed by atoms with E-state index in [-0.39, 0.29) is 6.61 Å². The van der Waals surface area contributed by atoms with Gasteiger partial charge in [-0.15, -0.1) is 0 Å². The van der Waals surface area contributed by atoms with Crippen LogP contribution in [-0.4, -0.2) is 22.7 Å². The molecule has 0 fully saturated rings. The van der Waals surface area contributed by atoms with Crippen molar-refractivity contribution >= 4 is 12.1 Å². The smallest absolute Gasteiger partial charge is 0.408 e. The Morgan fingerprint density at radius 3 is 2.61 bits per heavy atom. The van der Waals surface area contributed by atoms with Crippen LogP contribution < -0.4 is 5.32 Å². The lowest BCUT2D eigenvalue weighted by Crippen LogP contribution is -2.52. The Morgan fingerprint density at radius 1 is 1.26 bits per heavy atom. The van der Waals surface area contributed by atoms with Gasteiger partial charge in [-0.05, 0) is 38.2 Å². The maximum atomic E-state index is 12.0. The number of hydrogen-bond donors (Lipinski definition) is 2. The van der Waals surface area contributed by atoms with E-state index in [0.29, 0.717) is 6.42 Å². The summed E-state index contributed by atoms with van der Waals surface area (Å²) in [6.45, 7) is 1.64. The third kappa shape index (κ3) is 5.13. The molecule has 23 heavy (non-hydrogen) atoms. The maximum Gasteiger partial charge on any atom is 0.408 e. The molecule has 1 unspecified atom stereocenters. The molecule has 5 nitrogen and oxygen atoms in total. The Kier molecular flexibility index (Phi) is 5.79. The first kappa shape index (κ1) is 17.1. The van der Waals surface area contributed by atoms with Crippen LogP contribution in [0.2, 0.25) is 0 Å². The van der Waals surface area contributed by atoms with E-state index in [4.69, 9.17) is 4.74 Å². The van der Waals surface area contributed by atoms with Crippen molar-refractivity contribution in [1.82, 2.24) is 5.32 Å². The van der Waals surface area contributed by atoms with Crippen molar-refractivity contribution in [2.24, 2.45) is 0 Å². The molecule has 124 valence electrons. The van der Waals surface area contributed by atoms with Gasteiger partial charge >= 0.3 is 12.1 Å². The highest BCUT2D eigenvalue weighted by atomic mass is 16.5. The van der Waals surface area contributed by atoms with Gasteiger partial charge in [0.15, 0.2) is 0 Å². The van der Waals surface area contributed by atoms with Crippen molar-refractivity contribution < 1.29 is 19.4 Å². The van der Waals surface area contributed by atoms with Gasteiger partial charge in [-0.3, -0.25) is 0 Å². The number of carboxylic acid groups (broad SMARTS) is 1. The van der Waals surface area contributed by atoms with E-state index >= 15 is 0 Å². The van der Waals surface area contributed by atoms with Gasteiger partial charge in [0.1, 0.15) is 12.1 Å². The van der Waals surface area contributed by atoms with Crippen LogP contribution in [0.4, 0.5) is 4.79 Å². The van der Waals surface area contributed by atoms with Crippen LogP contribution in [0.25, 0.3) is 0 Å². The highest BCUT2D eigenvalue weighted by Crippen LogP contribution is 2.26. The number of allylic oxidation sites excluding steroid dienone is 1. The summed E-state index contributed by atoms with van der Waals surface area (Å²) in [4.78, 5) is 23.6. The first-order valence-corrected chi connectivity index (χ1v) is 7.90. The number of nitrogens with one attached hydrogen (secondary N) is 1. The highest BCUT2D eigenvalue weighted by Gasteiger charge is 2.36. The minimum Gasteiger partial charge on any atom is -0.480 e. The molecule has 0 saturated carbocycles. The zero-order chi connectivity index (χ0) is 16.7. The number of ether oxygens (including phenoxy) is 1. The number of benzene rings is 1. The molecular weight excluding hydrogens is 294 g/mol. The second kappa shape index (κ2) is 7.81. The summed E-state index contributed by atoms with van der Waals surface area (Å²) in [6, 6.07) is 9.27. The monoisotopic (exact) mass is 317 g/mol. The number of carboxylic acids is 1. The molecule has 0 saturated heterocycles. The minimum atomic E-state index is -1.35. The van der Waals surface area contributed by atoms with Crippen molar-refractivity contribution in [2.75, 3.05) is 0 Å². The summed E-state index contributed by atoms with van der Waals surface area (Å²) in [5.41, 5.74) is 0.593. The summed E-state index contributed by atoms with van der Waals surface area (Å²) >= 11 is 0. The van der Waals surface area contributed by atoms with Gasteiger partial charge in [-0.1, -0.05) is 42.0 Å². The zero-order valence-corrected chi connectivity index (χ0v) is 13.4. The van der Waals surface area contributed by atoms with Crippen molar-refractivity contribution in [3.63, 3.8) is 0 Å². The van der Waals surface area contributed by atoms with Gasteiger partial charge in [-0.2, -0.15) is 0 Å². The first-order valence-electron chi connectivity index (χ1n) is 7.90. The standard InChI is InChI=1S/C18H23NO4/c1-18(16(20)21,12-14-8-4-2-5-9-14)19-17(22)23-13-15-10-6-3-7-11-15/h3,6-8,10-11H,2,4-5,9,12-13H2,1H3,(H,19,22)(H,20,21). The lowest BCUT2D eigenvalue weighted by atomic mass is 9.87. The number of carbonyl (C=O) groups is 2. The third-order valence-corrected chi connectivity index (χ3v) is 4.03. The Bertz CT molecular complexity index is 582. The molecule has 1 aromatic rings. The Morgan fingerprint density at radius 2 is 2.00 bits per heavy atom. The van der Waals surface area contributed by atoms with Crippen LogP contribution in [-0.2, 0) is 16.1 Å². The van der Waals surface area contributed by atoms with Crippen LogP contribution in [0.3, 0.4) is 0 Å². The largest absolute Gasteiger partial charge is 0.480 e. The lowest BCUT2D eigenvalue weighted by Gasteiger charge is -2.28. The molecule has 0 bridgehead atoms. The number of aliphatic carboxylic acids is 1. The zero-order valence-electron chi connectivity index (χ0n) is 13.4. The normalized spacial score (nSPS) is 16.8. The molecule has 0 heterocycles. The number of carbonyl (C=O) groups excluding carboxylic acids is 1. The summed E-state index contributed by atoms with van der Waals surface area (Å²) in [7, 11) is 0. The van der Waals surface area contributed by atoms with E-state index in [0.717, 1.165) is 36.8 Å². The van der Waals surface area contributed by atoms with Crippen LogP contribution in [0.15, 0.2) is 42.0 Å². The van der Waals surface area contributed by atoms with Crippen molar-refractivity contribution in [3.05, 3.63) is 47.5 Å². The average molecular weight is 317 g/mol. The summed E-state index contributed by atoms with van der Waals surface area (Å²) in [5, 5.41) is 12.0.